The monoisotopic (exact) mass is 282 g/mol. The predicted octanol–water partition coefficient (Wildman–Crippen LogP) is 2.19. The molecule has 5 heteroatoms. The van der Waals surface area contributed by atoms with Gasteiger partial charge in [0.1, 0.15) is 5.70 Å². The van der Waals surface area contributed by atoms with Crippen molar-refractivity contribution in [2.75, 3.05) is 26.3 Å². The Hall–Kier alpha value is -1.77. The normalized spacial score (nSPS) is 27.6. The summed E-state index contributed by atoms with van der Waals surface area (Å²) in [6.07, 6.45) is 6.50. The molecule has 108 valence electrons. The number of nitroso groups, excluding NO2 is 1. The van der Waals surface area contributed by atoms with Crippen molar-refractivity contribution in [1.82, 2.24) is 9.80 Å². The third kappa shape index (κ3) is 2.57. The Morgan fingerprint density at radius 1 is 1.43 bits per heavy atom. The first-order valence-corrected chi connectivity index (χ1v) is 7.64. The van der Waals surface area contributed by atoms with Crippen LogP contribution in [-0.4, -0.2) is 48.4 Å². The van der Waals surface area contributed by atoms with Crippen LogP contribution in [0.15, 0.2) is 44.2 Å². The van der Waals surface area contributed by atoms with Gasteiger partial charge in [-0.1, -0.05) is 5.57 Å². The van der Waals surface area contributed by atoms with Crippen LogP contribution in [0.3, 0.4) is 0 Å². The molecule has 0 aromatic carbocycles. The minimum atomic E-state index is 0.223. The van der Waals surface area contributed by atoms with Gasteiger partial charge in [0.05, 0.1) is 12.9 Å². The summed E-state index contributed by atoms with van der Waals surface area (Å²) in [7, 11) is 0. The van der Waals surface area contributed by atoms with E-state index in [2.05, 4.69) is 31.4 Å². The van der Waals surface area contributed by atoms with E-state index in [1.54, 1.807) is 0 Å². The number of hydrogen-bond acceptors (Lipinski definition) is 5. The number of rotatable bonds is 4. The molecule has 2 saturated heterocycles. The summed E-state index contributed by atoms with van der Waals surface area (Å²) in [5, 5.41) is 2.84. The first kappa shape index (κ1) is 12.9. The smallest absolute Gasteiger partial charge is 0.176 e. The molecule has 0 N–H and O–H groups in total. The van der Waals surface area contributed by atoms with Gasteiger partial charge in [-0.25, -0.2) is 4.99 Å². The molecule has 0 amide bonds. The van der Waals surface area contributed by atoms with E-state index in [1.807, 2.05) is 0 Å². The second kappa shape index (κ2) is 5.21. The predicted molar refractivity (Wildman–Crippen MR) is 80.8 cm³/mol. The molecule has 3 fully saturated rings. The summed E-state index contributed by atoms with van der Waals surface area (Å²) in [6.45, 7) is 4.41. The maximum absolute atomic E-state index is 10.5. The molecular formula is C16H18N4O. The molecule has 0 bridgehead atoms. The van der Waals surface area contributed by atoms with Crippen LogP contribution in [0, 0.1) is 4.91 Å². The van der Waals surface area contributed by atoms with Gasteiger partial charge in [-0.15, -0.1) is 4.91 Å². The molecule has 0 aromatic heterocycles. The Kier molecular flexibility index (Phi) is 3.21. The molecule has 3 heterocycles. The molecule has 1 atom stereocenters. The largest absolute Gasteiger partial charge is 0.286 e. The summed E-state index contributed by atoms with van der Waals surface area (Å²) < 4.78 is 0. The average Bonchev–Trinajstić information content (AvgIpc) is 3.14. The van der Waals surface area contributed by atoms with Crippen LogP contribution in [-0.2, 0) is 0 Å². The second-order valence-electron chi connectivity index (χ2n) is 6.18. The van der Waals surface area contributed by atoms with Crippen LogP contribution < -0.4 is 0 Å². The number of hydrogen-bond donors (Lipinski definition) is 0. The lowest BCUT2D eigenvalue weighted by molar-refractivity contribution is 0.264. The number of allylic oxidation sites excluding steroid dienone is 2. The standard InChI is InChI=1S/C16H18N4O/c21-18-13-5-6-16(17-8-13)15(12-3-4-12)10-19-9-14-2-1-7-20(14)11-19/h8,14H,1-4,7,9-11H2. The fourth-order valence-corrected chi connectivity index (χ4v) is 3.47. The Bertz CT molecular complexity index is 629. The van der Waals surface area contributed by atoms with E-state index < -0.39 is 0 Å². The lowest BCUT2D eigenvalue weighted by atomic mass is 10.1. The number of aliphatic imine (C=N–C) groups is 1. The summed E-state index contributed by atoms with van der Waals surface area (Å²) in [6, 6.07) is 0.751. The Morgan fingerprint density at radius 3 is 3.00 bits per heavy atom. The third-order valence-corrected chi connectivity index (χ3v) is 4.67. The van der Waals surface area contributed by atoms with Gasteiger partial charge < -0.3 is 0 Å². The SMILES string of the molecule is O=NC1=C=C=C(C(CN2CC3CCCN3C2)=C2CC2)N=C1. The lowest BCUT2D eigenvalue weighted by Gasteiger charge is -2.18. The van der Waals surface area contributed by atoms with Gasteiger partial charge in [0, 0.05) is 19.1 Å². The van der Waals surface area contributed by atoms with Crippen LogP contribution in [0.25, 0.3) is 0 Å². The zero-order valence-corrected chi connectivity index (χ0v) is 12.0. The zero-order valence-electron chi connectivity index (χ0n) is 12.0. The second-order valence-corrected chi connectivity index (χ2v) is 6.18. The maximum atomic E-state index is 10.5. The first-order chi connectivity index (χ1) is 10.3. The fraction of sp³-hybridized carbons (Fsp3) is 0.562. The molecule has 1 unspecified atom stereocenters. The van der Waals surface area contributed by atoms with Crippen LogP contribution in [0.5, 0.6) is 0 Å². The van der Waals surface area contributed by atoms with E-state index >= 15 is 0 Å². The minimum Gasteiger partial charge on any atom is -0.286 e. The molecule has 4 aliphatic rings. The molecular weight excluding hydrogens is 264 g/mol. The van der Waals surface area contributed by atoms with Crippen molar-refractivity contribution in [2.45, 2.75) is 31.7 Å². The summed E-state index contributed by atoms with van der Waals surface area (Å²) >= 11 is 0. The summed E-state index contributed by atoms with van der Waals surface area (Å²) in [4.78, 5) is 19.9. The van der Waals surface area contributed by atoms with Crippen molar-refractivity contribution in [3.05, 3.63) is 38.9 Å². The van der Waals surface area contributed by atoms with Gasteiger partial charge in [-0.05, 0) is 54.4 Å². The summed E-state index contributed by atoms with van der Waals surface area (Å²) in [5.41, 5.74) is 9.61. The minimum absolute atomic E-state index is 0.223. The van der Waals surface area contributed by atoms with Crippen molar-refractivity contribution in [1.29, 1.82) is 0 Å². The van der Waals surface area contributed by atoms with Crippen LogP contribution in [0.4, 0.5) is 0 Å². The Morgan fingerprint density at radius 2 is 2.33 bits per heavy atom. The molecule has 5 nitrogen and oxygen atoms in total. The van der Waals surface area contributed by atoms with E-state index in [0.717, 1.165) is 31.5 Å². The number of fused-ring (bicyclic) bond motifs is 1. The molecule has 1 saturated carbocycles. The van der Waals surface area contributed by atoms with Crippen molar-refractivity contribution < 1.29 is 0 Å². The van der Waals surface area contributed by atoms with E-state index in [4.69, 9.17) is 0 Å². The summed E-state index contributed by atoms with van der Waals surface area (Å²) in [5.74, 6) is 0. The molecule has 0 radical (unpaired) electrons. The van der Waals surface area contributed by atoms with Gasteiger partial charge in [0.2, 0.25) is 0 Å². The van der Waals surface area contributed by atoms with E-state index in [1.165, 1.54) is 49.6 Å². The Labute approximate surface area is 124 Å². The molecule has 3 aliphatic heterocycles. The van der Waals surface area contributed by atoms with Crippen molar-refractivity contribution in [3.63, 3.8) is 0 Å². The maximum Gasteiger partial charge on any atom is 0.176 e. The van der Waals surface area contributed by atoms with Gasteiger partial charge in [0.15, 0.2) is 5.70 Å². The first-order valence-electron chi connectivity index (χ1n) is 7.64. The molecule has 0 spiro atoms. The van der Waals surface area contributed by atoms with E-state index in [9.17, 15) is 4.91 Å². The molecule has 21 heavy (non-hydrogen) atoms. The highest BCUT2D eigenvalue weighted by atomic mass is 16.3. The van der Waals surface area contributed by atoms with E-state index in [-0.39, 0.29) is 5.70 Å². The van der Waals surface area contributed by atoms with Crippen molar-refractivity contribution in [2.24, 2.45) is 10.2 Å². The van der Waals surface area contributed by atoms with Gasteiger partial charge in [-0.2, -0.15) is 0 Å². The van der Waals surface area contributed by atoms with Crippen molar-refractivity contribution >= 4 is 6.21 Å². The third-order valence-electron chi connectivity index (χ3n) is 4.67. The van der Waals surface area contributed by atoms with Crippen LogP contribution in [0.2, 0.25) is 0 Å². The lowest BCUT2D eigenvalue weighted by Crippen LogP contribution is -2.27. The zero-order chi connectivity index (χ0) is 14.2. The van der Waals surface area contributed by atoms with Crippen LogP contribution >= 0.6 is 0 Å². The molecule has 0 aromatic rings. The van der Waals surface area contributed by atoms with Gasteiger partial charge in [0.25, 0.3) is 0 Å². The Balaban J connectivity index is 1.54. The topological polar surface area (TPSA) is 48.3 Å². The fourth-order valence-electron chi connectivity index (χ4n) is 3.47. The van der Waals surface area contributed by atoms with E-state index in [0.29, 0.717) is 0 Å². The highest BCUT2D eigenvalue weighted by Crippen LogP contribution is 2.36. The van der Waals surface area contributed by atoms with Crippen molar-refractivity contribution in [3.8, 4) is 0 Å². The average molecular weight is 282 g/mol. The highest BCUT2D eigenvalue weighted by molar-refractivity contribution is 5.80. The highest BCUT2D eigenvalue weighted by Gasteiger charge is 2.34. The quantitative estimate of drug-likeness (QED) is 0.586. The van der Waals surface area contributed by atoms with Gasteiger partial charge >= 0.3 is 0 Å². The van der Waals surface area contributed by atoms with Crippen LogP contribution in [0.1, 0.15) is 25.7 Å². The molecule has 1 aliphatic carbocycles. The van der Waals surface area contributed by atoms with Gasteiger partial charge in [-0.3, -0.25) is 9.80 Å². The number of nitrogens with zero attached hydrogens (tertiary/aromatic N) is 4. The molecule has 4 rings (SSSR count).